The molecule has 0 atom stereocenters. The van der Waals surface area contributed by atoms with E-state index in [-0.39, 0.29) is 11.7 Å². The van der Waals surface area contributed by atoms with E-state index in [1.54, 1.807) is 6.92 Å². The smallest absolute Gasteiger partial charge is 0.216 e. The van der Waals surface area contributed by atoms with Crippen LogP contribution in [0.2, 0.25) is 0 Å². The predicted molar refractivity (Wildman–Crippen MR) is 83.4 cm³/mol. The predicted octanol–water partition coefficient (Wildman–Crippen LogP) is 2.03. The Kier molecular flexibility index (Phi) is 5.51. The lowest BCUT2D eigenvalue weighted by molar-refractivity contribution is -0.119. The fourth-order valence-corrected chi connectivity index (χ4v) is 2.67. The molecule has 1 aromatic carbocycles. The standard InChI is InChI=1S/C17H24N2O2/c1-13-3-5-16(6-4-13)17(21)12-19-9-7-15(8-10-19)11-18-14(2)20/h3-6,15H,7-12H2,1-2H3,(H,18,20). The number of piperidine rings is 1. The number of hydrogen-bond acceptors (Lipinski definition) is 3. The molecule has 0 aliphatic carbocycles. The number of benzene rings is 1. The minimum Gasteiger partial charge on any atom is -0.356 e. The van der Waals surface area contributed by atoms with Crippen molar-refractivity contribution in [3.8, 4) is 0 Å². The van der Waals surface area contributed by atoms with Crippen LogP contribution in [0.5, 0.6) is 0 Å². The van der Waals surface area contributed by atoms with Crippen molar-refractivity contribution in [1.29, 1.82) is 0 Å². The molecule has 1 fully saturated rings. The molecular formula is C17H24N2O2. The maximum absolute atomic E-state index is 12.2. The number of aryl methyl sites for hydroxylation is 1. The molecule has 4 heteroatoms. The van der Waals surface area contributed by atoms with Crippen LogP contribution in [0, 0.1) is 12.8 Å². The van der Waals surface area contributed by atoms with Crippen molar-refractivity contribution in [1.82, 2.24) is 10.2 Å². The number of carbonyl (C=O) groups excluding carboxylic acids is 2. The van der Waals surface area contributed by atoms with Crippen molar-refractivity contribution in [3.63, 3.8) is 0 Å². The van der Waals surface area contributed by atoms with Crippen molar-refractivity contribution >= 4 is 11.7 Å². The lowest BCUT2D eigenvalue weighted by Gasteiger charge is -2.31. The number of likely N-dealkylation sites (tertiary alicyclic amines) is 1. The number of nitrogens with one attached hydrogen (secondary N) is 1. The molecule has 1 heterocycles. The maximum atomic E-state index is 12.2. The van der Waals surface area contributed by atoms with Crippen LogP contribution in [-0.4, -0.2) is 42.8 Å². The molecule has 2 rings (SSSR count). The minimum atomic E-state index is 0.0342. The first kappa shape index (κ1) is 15.7. The summed E-state index contributed by atoms with van der Waals surface area (Å²) in [5.74, 6) is 0.766. The third-order valence-electron chi connectivity index (χ3n) is 4.09. The highest BCUT2D eigenvalue weighted by Crippen LogP contribution is 2.17. The van der Waals surface area contributed by atoms with Crippen LogP contribution >= 0.6 is 0 Å². The van der Waals surface area contributed by atoms with E-state index in [4.69, 9.17) is 0 Å². The SMILES string of the molecule is CC(=O)NCC1CCN(CC(=O)c2ccc(C)cc2)CC1. The number of hydrogen-bond donors (Lipinski definition) is 1. The zero-order valence-electron chi connectivity index (χ0n) is 12.9. The lowest BCUT2D eigenvalue weighted by Crippen LogP contribution is -2.40. The molecule has 4 nitrogen and oxygen atoms in total. The van der Waals surface area contributed by atoms with Gasteiger partial charge in [0.05, 0.1) is 6.54 Å². The normalized spacial score (nSPS) is 16.7. The van der Waals surface area contributed by atoms with Crippen LogP contribution in [0.3, 0.4) is 0 Å². The largest absolute Gasteiger partial charge is 0.356 e. The monoisotopic (exact) mass is 288 g/mol. The van der Waals surface area contributed by atoms with Crippen LogP contribution in [0.15, 0.2) is 24.3 Å². The van der Waals surface area contributed by atoms with E-state index in [9.17, 15) is 9.59 Å². The molecule has 1 saturated heterocycles. The van der Waals surface area contributed by atoms with E-state index in [1.165, 1.54) is 5.56 Å². The van der Waals surface area contributed by atoms with Crippen LogP contribution in [0.25, 0.3) is 0 Å². The number of nitrogens with zero attached hydrogens (tertiary/aromatic N) is 1. The molecule has 0 unspecified atom stereocenters. The number of Topliss-reactive ketones (excluding diaryl/α,β-unsaturated/α-hetero) is 1. The fourth-order valence-electron chi connectivity index (χ4n) is 2.67. The van der Waals surface area contributed by atoms with Crippen LogP contribution in [0.4, 0.5) is 0 Å². The Bertz CT molecular complexity index is 488. The summed E-state index contributed by atoms with van der Waals surface area (Å²) in [7, 11) is 0. The second-order valence-corrected chi connectivity index (χ2v) is 5.95. The van der Waals surface area contributed by atoms with Crippen LogP contribution in [0.1, 0.15) is 35.7 Å². The molecule has 1 aliphatic heterocycles. The zero-order valence-corrected chi connectivity index (χ0v) is 12.9. The van der Waals surface area contributed by atoms with Gasteiger partial charge in [-0.2, -0.15) is 0 Å². The second-order valence-electron chi connectivity index (χ2n) is 5.95. The zero-order chi connectivity index (χ0) is 15.2. The van der Waals surface area contributed by atoms with E-state index in [0.29, 0.717) is 12.5 Å². The molecule has 0 bridgehead atoms. The Morgan fingerprint density at radius 3 is 2.38 bits per heavy atom. The summed E-state index contributed by atoms with van der Waals surface area (Å²) in [4.78, 5) is 25.3. The molecule has 0 spiro atoms. The van der Waals surface area contributed by atoms with Gasteiger partial charge < -0.3 is 5.32 Å². The van der Waals surface area contributed by atoms with Gasteiger partial charge in [0.25, 0.3) is 0 Å². The summed E-state index contributed by atoms with van der Waals surface area (Å²) < 4.78 is 0. The maximum Gasteiger partial charge on any atom is 0.216 e. The van der Waals surface area contributed by atoms with Crippen molar-refractivity contribution < 1.29 is 9.59 Å². The summed E-state index contributed by atoms with van der Waals surface area (Å²) in [6, 6.07) is 7.77. The first-order valence-corrected chi connectivity index (χ1v) is 7.61. The number of ketones is 1. The molecular weight excluding hydrogens is 264 g/mol. The Morgan fingerprint density at radius 2 is 1.81 bits per heavy atom. The third-order valence-corrected chi connectivity index (χ3v) is 4.09. The van der Waals surface area contributed by atoms with Crippen LogP contribution in [-0.2, 0) is 4.79 Å². The van der Waals surface area contributed by atoms with Gasteiger partial charge in [0.2, 0.25) is 5.91 Å². The highest BCUT2D eigenvalue weighted by molar-refractivity contribution is 5.97. The molecule has 0 radical (unpaired) electrons. The molecule has 114 valence electrons. The molecule has 21 heavy (non-hydrogen) atoms. The second kappa shape index (κ2) is 7.36. The van der Waals surface area contributed by atoms with Crippen LogP contribution < -0.4 is 5.32 Å². The highest BCUT2D eigenvalue weighted by Gasteiger charge is 2.21. The topological polar surface area (TPSA) is 49.4 Å². The molecule has 1 aliphatic rings. The fraction of sp³-hybridized carbons (Fsp3) is 0.529. The van der Waals surface area contributed by atoms with E-state index in [0.717, 1.165) is 38.0 Å². The Labute approximate surface area is 126 Å². The first-order chi connectivity index (χ1) is 10.0. The van der Waals surface area contributed by atoms with E-state index < -0.39 is 0 Å². The summed E-state index contributed by atoms with van der Waals surface area (Å²) in [5, 5.41) is 2.88. The number of rotatable bonds is 5. The molecule has 0 saturated carbocycles. The van der Waals surface area contributed by atoms with Crippen molar-refractivity contribution in [2.24, 2.45) is 5.92 Å². The van der Waals surface area contributed by atoms with Gasteiger partial charge in [0, 0.05) is 19.0 Å². The summed E-state index contributed by atoms with van der Waals surface area (Å²) >= 11 is 0. The quantitative estimate of drug-likeness (QED) is 0.843. The molecule has 1 N–H and O–H groups in total. The van der Waals surface area contributed by atoms with Crippen molar-refractivity contribution in [3.05, 3.63) is 35.4 Å². The molecule has 1 aromatic rings. The van der Waals surface area contributed by atoms with Gasteiger partial charge in [0.15, 0.2) is 5.78 Å². The van der Waals surface area contributed by atoms with Crippen molar-refractivity contribution in [2.45, 2.75) is 26.7 Å². The Hall–Kier alpha value is -1.68. The lowest BCUT2D eigenvalue weighted by atomic mass is 9.96. The van der Waals surface area contributed by atoms with Gasteiger partial charge in [-0.05, 0) is 38.8 Å². The van der Waals surface area contributed by atoms with Gasteiger partial charge >= 0.3 is 0 Å². The first-order valence-electron chi connectivity index (χ1n) is 7.61. The van der Waals surface area contributed by atoms with Gasteiger partial charge in [0.1, 0.15) is 0 Å². The summed E-state index contributed by atoms with van der Waals surface area (Å²) in [6.07, 6.45) is 2.09. The van der Waals surface area contributed by atoms with Gasteiger partial charge in [-0.15, -0.1) is 0 Å². The highest BCUT2D eigenvalue weighted by atomic mass is 16.1. The number of carbonyl (C=O) groups is 2. The minimum absolute atomic E-state index is 0.0342. The van der Waals surface area contributed by atoms with Crippen molar-refractivity contribution in [2.75, 3.05) is 26.2 Å². The molecule has 1 amide bonds. The van der Waals surface area contributed by atoms with E-state index in [1.807, 2.05) is 31.2 Å². The Balaban J connectivity index is 1.76. The summed E-state index contributed by atoms with van der Waals surface area (Å²) in [6.45, 7) is 6.69. The molecule has 0 aromatic heterocycles. The average Bonchev–Trinajstić information content (AvgIpc) is 2.47. The average molecular weight is 288 g/mol. The van der Waals surface area contributed by atoms with E-state index in [2.05, 4.69) is 10.2 Å². The van der Waals surface area contributed by atoms with Gasteiger partial charge in [-0.1, -0.05) is 29.8 Å². The number of amides is 1. The Morgan fingerprint density at radius 1 is 1.19 bits per heavy atom. The summed E-state index contributed by atoms with van der Waals surface area (Å²) in [5.41, 5.74) is 1.96. The van der Waals surface area contributed by atoms with Gasteiger partial charge in [-0.25, -0.2) is 0 Å². The van der Waals surface area contributed by atoms with E-state index >= 15 is 0 Å². The third kappa shape index (κ3) is 4.97. The van der Waals surface area contributed by atoms with Gasteiger partial charge in [-0.3, -0.25) is 14.5 Å².